The van der Waals surface area contributed by atoms with Gasteiger partial charge in [0.15, 0.2) is 0 Å². The van der Waals surface area contributed by atoms with Gasteiger partial charge in [-0.2, -0.15) is 0 Å². The van der Waals surface area contributed by atoms with Crippen molar-refractivity contribution in [2.24, 2.45) is 5.92 Å². The number of amides is 1. The van der Waals surface area contributed by atoms with Crippen LogP contribution in [0.4, 0.5) is 0 Å². The van der Waals surface area contributed by atoms with E-state index in [1.54, 1.807) is 0 Å². The van der Waals surface area contributed by atoms with E-state index in [1.807, 2.05) is 29.2 Å². The van der Waals surface area contributed by atoms with Crippen LogP contribution in [0.15, 0.2) is 24.3 Å². The van der Waals surface area contributed by atoms with Crippen molar-refractivity contribution in [3.8, 4) is 5.75 Å². The summed E-state index contributed by atoms with van der Waals surface area (Å²) in [5.41, 5.74) is 0.773. The number of nitrogens with one attached hydrogen (secondary N) is 1. The first-order valence-electron chi connectivity index (χ1n) is 9.26. The molecule has 138 valence electrons. The Morgan fingerprint density at radius 1 is 1.08 bits per heavy atom. The fourth-order valence-electron chi connectivity index (χ4n) is 3.65. The molecule has 1 N–H and O–H groups in total. The summed E-state index contributed by atoms with van der Waals surface area (Å²) in [6.45, 7) is 6.86. The molecule has 1 aromatic carbocycles. The Hall–Kier alpha value is -1.30. The number of nitrogens with zero attached hydrogens (tertiary/aromatic N) is 2. The minimum Gasteiger partial charge on any atom is -0.493 e. The fraction of sp³-hybridized carbons (Fsp3) is 0.632. The third-order valence-electron chi connectivity index (χ3n) is 5.40. The van der Waals surface area contributed by atoms with Crippen LogP contribution in [0.2, 0.25) is 0 Å². The van der Waals surface area contributed by atoms with Crippen molar-refractivity contribution >= 4 is 18.3 Å². The van der Waals surface area contributed by atoms with E-state index in [4.69, 9.17) is 4.74 Å². The minimum absolute atomic E-state index is 0. The number of halogens is 1. The summed E-state index contributed by atoms with van der Waals surface area (Å²) in [5, 5.41) is 3.39. The highest BCUT2D eigenvalue weighted by molar-refractivity contribution is 5.94. The van der Waals surface area contributed by atoms with E-state index >= 15 is 0 Å². The molecule has 4 rings (SSSR count). The van der Waals surface area contributed by atoms with Crippen LogP contribution in [0, 0.1) is 5.92 Å². The Balaban J connectivity index is 0.00000182. The lowest BCUT2D eigenvalue weighted by Crippen LogP contribution is -2.49. The predicted molar refractivity (Wildman–Crippen MR) is 101 cm³/mol. The summed E-state index contributed by atoms with van der Waals surface area (Å²) in [4.78, 5) is 17.3. The van der Waals surface area contributed by atoms with E-state index in [0.717, 1.165) is 69.5 Å². The number of piperazine rings is 1. The smallest absolute Gasteiger partial charge is 0.253 e. The van der Waals surface area contributed by atoms with E-state index < -0.39 is 0 Å². The van der Waals surface area contributed by atoms with Crippen molar-refractivity contribution in [2.45, 2.75) is 25.3 Å². The second kappa shape index (κ2) is 8.39. The molecule has 1 atom stereocenters. The number of rotatable bonds is 5. The molecule has 3 fully saturated rings. The lowest BCUT2D eigenvalue weighted by molar-refractivity contribution is 0.0773. The van der Waals surface area contributed by atoms with Crippen molar-refractivity contribution in [1.29, 1.82) is 0 Å². The summed E-state index contributed by atoms with van der Waals surface area (Å²) in [6.07, 6.45) is 3.67. The first-order valence-corrected chi connectivity index (χ1v) is 9.26. The number of carbonyl (C=O) groups is 1. The summed E-state index contributed by atoms with van der Waals surface area (Å²) in [6, 6.07) is 8.20. The van der Waals surface area contributed by atoms with Gasteiger partial charge in [0.2, 0.25) is 0 Å². The standard InChI is InChI=1S/C19H27N3O2.ClH/c23-19(16-3-5-18(6-4-16)24-14-15-1-2-15)22-10-7-17(13-22)21-11-8-20-9-12-21;/h3-6,15,17,20H,1-2,7-14H2;1H. The highest BCUT2D eigenvalue weighted by Crippen LogP contribution is 2.29. The molecule has 0 bridgehead atoms. The Kier molecular flexibility index (Phi) is 6.20. The third kappa shape index (κ3) is 4.66. The van der Waals surface area contributed by atoms with Crippen LogP contribution in [-0.4, -0.2) is 67.6 Å². The molecule has 1 saturated carbocycles. The molecule has 0 spiro atoms. The fourth-order valence-corrected chi connectivity index (χ4v) is 3.65. The first kappa shape index (κ1) is 18.5. The first-order chi connectivity index (χ1) is 11.8. The van der Waals surface area contributed by atoms with Gasteiger partial charge >= 0.3 is 0 Å². The van der Waals surface area contributed by atoms with Gasteiger partial charge in [-0.1, -0.05) is 0 Å². The number of hydrogen-bond acceptors (Lipinski definition) is 4. The monoisotopic (exact) mass is 365 g/mol. The lowest BCUT2D eigenvalue weighted by atomic mass is 10.2. The largest absolute Gasteiger partial charge is 0.493 e. The van der Waals surface area contributed by atoms with Crippen molar-refractivity contribution in [2.75, 3.05) is 45.9 Å². The molecule has 6 heteroatoms. The summed E-state index contributed by atoms with van der Waals surface area (Å²) >= 11 is 0. The van der Waals surface area contributed by atoms with E-state index in [1.165, 1.54) is 12.8 Å². The SMILES string of the molecule is Cl.O=C(c1ccc(OCC2CC2)cc1)N1CCC(N2CCNCC2)C1. The van der Waals surface area contributed by atoms with Gasteiger partial charge in [0.25, 0.3) is 5.91 Å². The number of ether oxygens (including phenoxy) is 1. The van der Waals surface area contributed by atoms with Gasteiger partial charge < -0.3 is 15.0 Å². The van der Waals surface area contributed by atoms with Crippen LogP contribution >= 0.6 is 12.4 Å². The molecule has 3 aliphatic rings. The molecule has 0 radical (unpaired) electrons. The lowest BCUT2D eigenvalue weighted by Gasteiger charge is -2.32. The zero-order chi connectivity index (χ0) is 16.4. The molecule has 1 unspecified atom stereocenters. The van der Waals surface area contributed by atoms with Gasteiger partial charge in [-0.3, -0.25) is 9.69 Å². The average molecular weight is 366 g/mol. The highest BCUT2D eigenvalue weighted by atomic mass is 35.5. The zero-order valence-electron chi connectivity index (χ0n) is 14.7. The average Bonchev–Trinajstić information content (AvgIpc) is 3.34. The number of likely N-dealkylation sites (tertiary alicyclic amines) is 1. The van der Waals surface area contributed by atoms with Crippen LogP contribution in [-0.2, 0) is 0 Å². The molecule has 1 amide bonds. The molecule has 25 heavy (non-hydrogen) atoms. The second-order valence-electron chi connectivity index (χ2n) is 7.26. The summed E-state index contributed by atoms with van der Waals surface area (Å²) in [5.74, 6) is 1.78. The molecule has 1 aliphatic carbocycles. The highest BCUT2D eigenvalue weighted by Gasteiger charge is 2.31. The minimum atomic E-state index is 0. The molecular formula is C19H28ClN3O2. The summed E-state index contributed by atoms with van der Waals surface area (Å²) in [7, 11) is 0. The van der Waals surface area contributed by atoms with Crippen LogP contribution in [0.3, 0.4) is 0 Å². The maximum Gasteiger partial charge on any atom is 0.253 e. The van der Waals surface area contributed by atoms with Crippen molar-refractivity contribution in [1.82, 2.24) is 15.1 Å². The van der Waals surface area contributed by atoms with Gasteiger partial charge in [-0.25, -0.2) is 0 Å². The molecule has 2 heterocycles. The van der Waals surface area contributed by atoms with Gasteiger partial charge in [0.05, 0.1) is 6.61 Å². The Labute approximate surface area is 156 Å². The van der Waals surface area contributed by atoms with Gasteiger partial charge in [-0.15, -0.1) is 12.4 Å². The quantitative estimate of drug-likeness (QED) is 0.867. The second-order valence-corrected chi connectivity index (χ2v) is 7.26. The predicted octanol–water partition coefficient (Wildman–Crippen LogP) is 2.02. The van der Waals surface area contributed by atoms with Gasteiger partial charge in [0.1, 0.15) is 5.75 Å². The molecule has 5 nitrogen and oxygen atoms in total. The number of hydrogen-bond donors (Lipinski definition) is 1. The van der Waals surface area contributed by atoms with E-state index in [2.05, 4.69) is 10.2 Å². The van der Waals surface area contributed by atoms with Crippen molar-refractivity contribution < 1.29 is 9.53 Å². The van der Waals surface area contributed by atoms with E-state index in [9.17, 15) is 4.79 Å². The van der Waals surface area contributed by atoms with E-state index in [0.29, 0.717) is 6.04 Å². The molecule has 2 saturated heterocycles. The van der Waals surface area contributed by atoms with Gasteiger partial charge in [-0.05, 0) is 49.4 Å². The molecule has 0 aromatic heterocycles. The normalized spacial score (nSPS) is 24.0. The zero-order valence-corrected chi connectivity index (χ0v) is 15.5. The Morgan fingerprint density at radius 2 is 1.80 bits per heavy atom. The van der Waals surface area contributed by atoms with E-state index in [-0.39, 0.29) is 18.3 Å². The van der Waals surface area contributed by atoms with Crippen LogP contribution in [0.1, 0.15) is 29.6 Å². The topological polar surface area (TPSA) is 44.8 Å². The maximum atomic E-state index is 12.7. The molecular weight excluding hydrogens is 338 g/mol. The number of carbonyl (C=O) groups excluding carboxylic acids is 1. The maximum absolute atomic E-state index is 12.7. The Bertz CT molecular complexity index is 571. The van der Waals surface area contributed by atoms with Crippen molar-refractivity contribution in [3.63, 3.8) is 0 Å². The molecule has 1 aromatic rings. The van der Waals surface area contributed by atoms with Gasteiger partial charge in [0, 0.05) is 50.9 Å². The van der Waals surface area contributed by atoms with Crippen molar-refractivity contribution in [3.05, 3.63) is 29.8 Å². The number of benzene rings is 1. The van der Waals surface area contributed by atoms with Crippen LogP contribution in [0.25, 0.3) is 0 Å². The van der Waals surface area contributed by atoms with Crippen LogP contribution in [0.5, 0.6) is 5.75 Å². The Morgan fingerprint density at radius 3 is 2.48 bits per heavy atom. The van der Waals surface area contributed by atoms with Crippen LogP contribution < -0.4 is 10.1 Å². The third-order valence-corrected chi connectivity index (χ3v) is 5.40. The molecule has 2 aliphatic heterocycles. The summed E-state index contributed by atoms with van der Waals surface area (Å²) < 4.78 is 5.75.